The standard InChI is InChI=1S/C12H8Cl2N2O2/c13-6-1-2-7(9(14)5-6)11-10(15)8(12(17)18)3-4-16-11/h1-5H,15H2,(H,17,18). The Labute approximate surface area is 113 Å². The number of benzene rings is 1. The molecule has 3 N–H and O–H groups in total. The minimum atomic E-state index is -1.11. The summed E-state index contributed by atoms with van der Waals surface area (Å²) in [5, 5.41) is 9.84. The molecule has 0 amide bonds. The summed E-state index contributed by atoms with van der Waals surface area (Å²) in [6, 6.07) is 6.17. The Morgan fingerprint density at radius 2 is 2.00 bits per heavy atom. The number of halogens is 2. The first-order valence-electron chi connectivity index (χ1n) is 4.94. The maximum absolute atomic E-state index is 11.0. The van der Waals surface area contributed by atoms with Gasteiger partial charge < -0.3 is 10.8 Å². The average molecular weight is 283 g/mol. The van der Waals surface area contributed by atoms with Crippen molar-refractivity contribution in [3.05, 3.63) is 46.1 Å². The van der Waals surface area contributed by atoms with Gasteiger partial charge in [0.25, 0.3) is 0 Å². The molecule has 0 saturated carbocycles. The number of hydrogen-bond donors (Lipinski definition) is 2. The van der Waals surface area contributed by atoms with Crippen LogP contribution in [0.2, 0.25) is 10.0 Å². The van der Waals surface area contributed by atoms with Crippen LogP contribution in [0.15, 0.2) is 30.5 Å². The molecule has 92 valence electrons. The van der Waals surface area contributed by atoms with Gasteiger partial charge in [-0.1, -0.05) is 23.2 Å². The van der Waals surface area contributed by atoms with Gasteiger partial charge in [-0.3, -0.25) is 4.98 Å². The number of aromatic carboxylic acids is 1. The van der Waals surface area contributed by atoms with E-state index in [4.69, 9.17) is 34.0 Å². The normalized spacial score (nSPS) is 10.3. The van der Waals surface area contributed by atoms with Gasteiger partial charge in [-0.15, -0.1) is 0 Å². The molecule has 0 aliphatic carbocycles. The van der Waals surface area contributed by atoms with E-state index in [1.54, 1.807) is 18.2 Å². The molecular weight excluding hydrogens is 275 g/mol. The maximum Gasteiger partial charge on any atom is 0.337 e. The van der Waals surface area contributed by atoms with Crippen LogP contribution in [0.1, 0.15) is 10.4 Å². The van der Waals surface area contributed by atoms with Gasteiger partial charge in [-0.2, -0.15) is 0 Å². The third-order valence-corrected chi connectivity index (χ3v) is 2.95. The quantitative estimate of drug-likeness (QED) is 0.886. The van der Waals surface area contributed by atoms with Crippen LogP contribution in [0.3, 0.4) is 0 Å². The highest BCUT2D eigenvalue weighted by Gasteiger charge is 2.15. The minimum absolute atomic E-state index is 0.00832. The lowest BCUT2D eigenvalue weighted by molar-refractivity contribution is 0.0698. The number of pyridine rings is 1. The van der Waals surface area contributed by atoms with Crippen molar-refractivity contribution in [3.63, 3.8) is 0 Å². The number of carboxylic acids is 1. The molecule has 1 aromatic heterocycles. The summed E-state index contributed by atoms with van der Waals surface area (Å²) in [4.78, 5) is 15.0. The van der Waals surface area contributed by atoms with Gasteiger partial charge in [0.1, 0.15) is 0 Å². The Kier molecular flexibility index (Phi) is 3.41. The van der Waals surface area contributed by atoms with Gasteiger partial charge in [-0.25, -0.2) is 4.79 Å². The molecule has 0 aliphatic heterocycles. The maximum atomic E-state index is 11.0. The van der Waals surface area contributed by atoms with Crippen molar-refractivity contribution in [2.75, 3.05) is 5.73 Å². The first-order chi connectivity index (χ1) is 8.50. The molecule has 0 aliphatic rings. The summed E-state index contributed by atoms with van der Waals surface area (Å²) in [5.74, 6) is -1.11. The molecule has 0 atom stereocenters. The largest absolute Gasteiger partial charge is 0.478 e. The average Bonchev–Trinajstić information content (AvgIpc) is 2.30. The molecule has 0 bridgehead atoms. The van der Waals surface area contributed by atoms with Crippen LogP contribution in [-0.4, -0.2) is 16.1 Å². The molecule has 0 spiro atoms. The molecule has 4 nitrogen and oxygen atoms in total. The molecule has 0 unspecified atom stereocenters. The van der Waals surface area contributed by atoms with Gasteiger partial charge in [0.15, 0.2) is 0 Å². The second kappa shape index (κ2) is 4.84. The Balaban J connectivity index is 2.64. The van der Waals surface area contributed by atoms with Gasteiger partial charge in [0.05, 0.1) is 22.0 Å². The van der Waals surface area contributed by atoms with Crippen LogP contribution in [-0.2, 0) is 0 Å². The fourth-order valence-corrected chi connectivity index (χ4v) is 2.05. The molecule has 2 aromatic rings. The Morgan fingerprint density at radius 3 is 2.61 bits per heavy atom. The molecular formula is C12H8Cl2N2O2. The number of hydrogen-bond acceptors (Lipinski definition) is 3. The lowest BCUT2D eigenvalue weighted by Gasteiger charge is -2.09. The number of nitrogens with zero attached hydrogens (tertiary/aromatic N) is 1. The monoisotopic (exact) mass is 282 g/mol. The first kappa shape index (κ1) is 12.7. The van der Waals surface area contributed by atoms with Crippen molar-refractivity contribution in [2.24, 2.45) is 0 Å². The van der Waals surface area contributed by atoms with E-state index >= 15 is 0 Å². The summed E-state index contributed by atoms with van der Waals surface area (Å²) >= 11 is 11.8. The van der Waals surface area contributed by atoms with E-state index in [0.29, 0.717) is 21.3 Å². The number of nitrogens with two attached hydrogens (primary N) is 1. The number of nitrogen functional groups attached to an aromatic ring is 1. The van der Waals surface area contributed by atoms with Gasteiger partial charge in [-0.05, 0) is 24.3 Å². The van der Waals surface area contributed by atoms with E-state index in [0.717, 1.165) is 0 Å². The third-order valence-electron chi connectivity index (χ3n) is 2.41. The Bertz CT molecular complexity index is 629. The highest BCUT2D eigenvalue weighted by molar-refractivity contribution is 6.36. The topological polar surface area (TPSA) is 76.2 Å². The third kappa shape index (κ3) is 2.25. The molecule has 0 radical (unpaired) electrons. The zero-order valence-electron chi connectivity index (χ0n) is 9.02. The lowest BCUT2D eigenvalue weighted by Crippen LogP contribution is -2.05. The van der Waals surface area contributed by atoms with Crippen LogP contribution < -0.4 is 5.73 Å². The molecule has 1 aromatic carbocycles. The number of anilines is 1. The van der Waals surface area contributed by atoms with Crippen molar-refractivity contribution in [2.45, 2.75) is 0 Å². The van der Waals surface area contributed by atoms with E-state index in [-0.39, 0.29) is 11.3 Å². The van der Waals surface area contributed by atoms with Gasteiger partial charge >= 0.3 is 5.97 Å². The summed E-state index contributed by atoms with van der Waals surface area (Å²) < 4.78 is 0. The molecule has 6 heteroatoms. The fourth-order valence-electron chi connectivity index (χ4n) is 1.56. The summed E-state index contributed by atoms with van der Waals surface area (Å²) in [6.45, 7) is 0. The number of aromatic nitrogens is 1. The molecule has 0 fully saturated rings. The van der Waals surface area contributed by atoms with E-state index in [1.165, 1.54) is 12.3 Å². The predicted octanol–water partition coefficient (Wildman–Crippen LogP) is 3.34. The molecule has 0 saturated heterocycles. The Morgan fingerprint density at radius 1 is 1.28 bits per heavy atom. The molecule has 2 rings (SSSR count). The zero-order valence-corrected chi connectivity index (χ0v) is 10.5. The summed E-state index contributed by atoms with van der Waals surface area (Å²) in [7, 11) is 0. The van der Waals surface area contributed by atoms with Crippen LogP contribution in [0, 0.1) is 0 Å². The van der Waals surface area contributed by atoms with Crippen molar-refractivity contribution < 1.29 is 9.90 Å². The zero-order chi connectivity index (χ0) is 13.3. The number of carbonyl (C=O) groups is 1. The second-order valence-corrected chi connectivity index (χ2v) is 4.39. The van der Waals surface area contributed by atoms with E-state index in [1.807, 2.05) is 0 Å². The second-order valence-electron chi connectivity index (χ2n) is 3.55. The van der Waals surface area contributed by atoms with Crippen molar-refractivity contribution >= 4 is 34.9 Å². The van der Waals surface area contributed by atoms with E-state index in [9.17, 15) is 4.79 Å². The smallest absolute Gasteiger partial charge is 0.337 e. The van der Waals surface area contributed by atoms with E-state index in [2.05, 4.69) is 4.98 Å². The van der Waals surface area contributed by atoms with Gasteiger partial charge in [0.2, 0.25) is 0 Å². The predicted molar refractivity (Wildman–Crippen MR) is 71.1 cm³/mol. The van der Waals surface area contributed by atoms with Crippen molar-refractivity contribution in [1.29, 1.82) is 0 Å². The van der Waals surface area contributed by atoms with Gasteiger partial charge in [0, 0.05) is 16.8 Å². The molecule has 18 heavy (non-hydrogen) atoms. The first-order valence-corrected chi connectivity index (χ1v) is 5.69. The van der Waals surface area contributed by atoms with Crippen LogP contribution in [0.5, 0.6) is 0 Å². The van der Waals surface area contributed by atoms with Crippen LogP contribution >= 0.6 is 23.2 Å². The van der Waals surface area contributed by atoms with Crippen molar-refractivity contribution in [1.82, 2.24) is 4.98 Å². The fraction of sp³-hybridized carbons (Fsp3) is 0. The Hall–Kier alpha value is -1.78. The lowest BCUT2D eigenvalue weighted by atomic mass is 10.1. The summed E-state index contributed by atoms with van der Waals surface area (Å²) in [6.07, 6.45) is 1.38. The number of rotatable bonds is 2. The van der Waals surface area contributed by atoms with Crippen LogP contribution in [0.4, 0.5) is 5.69 Å². The van der Waals surface area contributed by atoms with E-state index < -0.39 is 5.97 Å². The highest BCUT2D eigenvalue weighted by atomic mass is 35.5. The van der Waals surface area contributed by atoms with Crippen molar-refractivity contribution in [3.8, 4) is 11.3 Å². The minimum Gasteiger partial charge on any atom is -0.478 e. The number of carboxylic acid groups (broad SMARTS) is 1. The summed E-state index contributed by atoms with van der Waals surface area (Å²) in [5.41, 5.74) is 6.73. The highest BCUT2D eigenvalue weighted by Crippen LogP contribution is 2.33. The molecule has 1 heterocycles. The SMILES string of the molecule is Nc1c(C(=O)O)ccnc1-c1ccc(Cl)cc1Cl. The van der Waals surface area contributed by atoms with Crippen LogP contribution in [0.25, 0.3) is 11.3 Å².